The lowest BCUT2D eigenvalue weighted by molar-refractivity contribution is -0.135. The predicted molar refractivity (Wildman–Crippen MR) is 145 cm³/mol. The molecule has 2 aliphatic rings. The molecule has 4 aromatic rings. The third-order valence-electron chi connectivity index (χ3n) is 7.07. The number of benzene rings is 1. The number of hydrogen-bond acceptors (Lipinski definition) is 8. The van der Waals surface area contributed by atoms with Crippen molar-refractivity contribution >= 4 is 29.1 Å². The second-order valence-corrected chi connectivity index (χ2v) is 10.1. The number of alkyl halides is 2. The highest BCUT2D eigenvalue weighted by Gasteiger charge is 2.47. The fourth-order valence-corrected chi connectivity index (χ4v) is 4.96. The molecule has 2 fully saturated rings. The fourth-order valence-electron chi connectivity index (χ4n) is 4.96. The molecule has 6 rings (SSSR count). The number of amides is 2. The van der Waals surface area contributed by atoms with E-state index in [1.54, 1.807) is 41.6 Å². The number of aromatic amines is 1. The summed E-state index contributed by atoms with van der Waals surface area (Å²) in [5.41, 5.74) is 2.49. The summed E-state index contributed by atoms with van der Waals surface area (Å²) < 4.78 is 34.4. The number of likely N-dealkylation sites (tertiary alicyclic amines) is 1. The second-order valence-electron chi connectivity index (χ2n) is 10.1. The number of H-pyrrole nitrogens is 1. The molecule has 1 atom stereocenters. The summed E-state index contributed by atoms with van der Waals surface area (Å²) >= 11 is 0. The van der Waals surface area contributed by atoms with Gasteiger partial charge >= 0.3 is 0 Å². The van der Waals surface area contributed by atoms with Crippen LogP contribution in [0, 0.1) is 0 Å². The molecule has 1 aliphatic heterocycles. The van der Waals surface area contributed by atoms with Crippen molar-refractivity contribution in [3.8, 4) is 17.1 Å². The van der Waals surface area contributed by atoms with Crippen molar-refractivity contribution in [3.05, 3.63) is 61.1 Å². The topological polar surface area (TPSA) is 142 Å². The molecular formula is C27H27F2N9O3. The van der Waals surface area contributed by atoms with Gasteiger partial charge in [-0.1, -0.05) is 6.58 Å². The Morgan fingerprint density at radius 1 is 1.20 bits per heavy atom. The van der Waals surface area contributed by atoms with Gasteiger partial charge in [-0.2, -0.15) is 14.6 Å². The molecule has 4 heterocycles. The number of anilines is 2. The first-order valence-corrected chi connectivity index (χ1v) is 13.2. The molecule has 1 aromatic carbocycles. The van der Waals surface area contributed by atoms with E-state index in [0.29, 0.717) is 47.2 Å². The number of fused-ring (bicyclic) bond motifs is 1. The van der Waals surface area contributed by atoms with Crippen LogP contribution in [0.2, 0.25) is 0 Å². The van der Waals surface area contributed by atoms with Crippen LogP contribution in [0.15, 0.2) is 55.5 Å². The molecule has 3 aromatic heterocycles. The Kier molecular flexibility index (Phi) is 6.81. The monoisotopic (exact) mass is 563 g/mol. The summed E-state index contributed by atoms with van der Waals surface area (Å²) in [6.07, 6.45) is 6.03. The van der Waals surface area contributed by atoms with E-state index in [2.05, 4.69) is 42.5 Å². The van der Waals surface area contributed by atoms with Crippen LogP contribution in [0.3, 0.4) is 0 Å². The van der Waals surface area contributed by atoms with Gasteiger partial charge in [0.25, 0.3) is 11.8 Å². The number of piperidine rings is 1. The number of aromatic nitrogens is 6. The third kappa shape index (κ3) is 5.58. The molecular weight excluding hydrogens is 536 g/mol. The number of nitrogens with one attached hydrogen (secondary N) is 3. The standard InChI is InChI=1S/C27H27F2N9O3/c1-2-22(39)33-18-7-5-16(6-8-18)24(40)37-9-3-4-19(15-37)34-26-35-21-14-30-23(17-12-31-32-13-17)25(38(21)36-26)41-20-10-27(28,29)11-20/h2,5-8,12-14,19-20H,1,3-4,9-11,15H2,(H,31,32)(H,33,39)(H,34,36). The van der Waals surface area contributed by atoms with Gasteiger partial charge in [0.05, 0.1) is 12.4 Å². The normalized spacial score (nSPS) is 18.5. The number of hydrogen-bond donors (Lipinski definition) is 3. The van der Waals surface area contributed by atoms with Crippen LogP contribution in [0.5, 0.6) is 5.88 Å². The molecule has 212 valence electrons. The second kappa shape index (κ2) is 10.6. The molecule has 3 N–H and O–H groups in total. The van der Waals surface area contributed by atoms with E-state index in [9.17, 15) is 18.4 Å². The van der Waals surface area contributed by atoms with Gasteiger partial charge in [-0.05, 0) is 43.2 Å². The first-order valence-electron chi connectivity index (χ1n) is 13.2. The van der Waals surface area contributed by atoms with Gasteiger partial charge in [0, 0.05) is 55.0 Å². The molecule has 0 bridgehead atoms. The van der Waals surface area contributed by atoms with E-state index in [-0.39, 0.29) is 36.6 Å². The number of halogens is 2. The zero-order valence-electron chi connectivity index (χ0n) is 21.9. The Balaban J connectivity index is 1.18. The Hall–Kier alpha value is -4.88. The maximum Gasteiger partial charge on any atom is 0.255 e. The Labute approximate surface area is 232 Å². The molecule has 0 radical (unpaired) electrons. The molecule has 1 saturated heterocycles. The largest absolute Gasteiger partial charge is 0.472 e. The van der Waals surface area contributed by atoms with E-state index < -0.39 is 12.0 Å². The van der Waals surface area contributed by atoms with Crippen LogP contribution in [0.1, 0.15) is 36.0 Å². The molecule has 2 amide bonds. The van der Waals surface area contributed by atoms with Crippen molar-refractivity contribution in [2.45, 2.75) is 43.8 Å². The van der Waals surface area contributed by atoms with Crippen molar-refractivity contribution < 1.29 is 23.1 Å². The smallest absolute Gasteiger partial charge is 0.255 e. The van der Waals surface area contributed by atoms with Crippen molar-refractivity contribution in [3.63, 3.8) is 0 Å². The minimum Gasteiger partial charge on any atom is -0.472 e. The average Bonchev–Trinajstić information content (AvgIpc) is 3.63. The van der Waals surface area contributed by atoms with Crippen molar-refractivity contribution in [1.82, 2.24) is 34.7 Å². The fraction of sp³-hybridized carbons (Fsp3) is 0.333. The van der Waals surface area contributed by atoms with Crippen LogP contribution in [0.4, 0.5) is 20.4 Å². The van der Waals surface area contributed by atoms with Gasteiger partial charge in [-0.3, -0.25) is 14.7 Å². The Morgan fingerprint density at radius 3 is 2.71 bits per heavy atom. The molecule has 14 heteroatoms. The molecule has 1 unspecified atom stereocenters. The Morgan fingerprint density at radius 2 is 2.00 bits per heavy atom. The summed E-state index contributed by atoms with van der Waals surface area (Å²) in [5.74, 6) is -2.68. The van der Waals surface area contributed by atoms with E-state index in [1.807, 2.05) is 0 Å². The van der Waals surface area contributed by atoms with Gasteiger partial charge in [-0.25, -0.2) is 13.8 Å². The summed E-state index contributed by atoms with van der Waals surface area (Å²) in [6, 6.07) is 6.57. The van der Waals surface area contributed by atoms with E-state index in [1.165, 1.54) is 16.8 Å². The maximum atomic E-state index is 13.5. The minimum absolute atomic E-state index is 0.118. The predicted octanol–water partition coefficient (Wildman–Crippen LogP) is 3.53. The van der Waals surface area contributed by atoms with E-state index in [4.69, 9.17) is 4.74 Å². The number of rotatable bonds is 8. The van der Waals surface area contributed by atoms with Crippen LogP contribution in [-0.4, -0.2) is 77.7 Å². The highest BCUT2D eigenvalue weighted by molar-refractivity contribution is 5.99. The first kappa shape index (κ1) is 26.3. The molecule has 1 aliphatic carbocycles. The molecule has 41 heavy (non-hydrogen) atoms. The summed E-state index contributed by atoms with van der Waals surface area (Å²) in [5, 5.41) is 17.2. The van der Waals surface area contributed by atoms with Crippen LogP contribution in [-0.2, 0) is 4.79 Å². The molecule has 1 saturated carbocycles. The van der Waals surface area contributed by atoms with Crippen molar-refractivity contribution in [2.75, 3.05) is 23.7 Å². The quantitative estimate of drug-likeness (QED) is 0.277. The SMILES string of the molecule is C=CC(=O)Nc1ccc(C(=O)N2CCCC(Nc3nc4cnc(-c5cn[nH]c5)c(OC5CC(F)(F)C5)n4n3)C2)cc1. The zero-order chi connectivity index (χ0) is 28.6. The van der Waals surface area contributed by atoms with Crippen molar-refractivity contribution in [2.24, 2.45) is 0 Å². The maximum absolute atomic E-state index is 13.5. The van der Waals surface area contributed by atoms with E-state index >= 15 is 0 Å². The summed E-state index contributed by atoms with van der Waals surface area (Å²) in [6.45, 7) is 4.46. The average molecular weight is 564 g/mol. The number of carbonyl (C=O) groups excluding carboxylic acids is 2. The lowest BCUT2D eigenvalue weighted by Gasteiger charge is -2.34. The number of ether oxygens (including phenoxy) is 1. The van der Waals surface area contributed by atoms with Crippen LogP contribution < -0.4 is 15.4 Å². The highest BCUT2D eigenvalue weighted by atomic mass is 19.3. The van der Waals surface area contributed by atoms with Crippen LogP contribution >= 0.6 is 0 Å². The van der Waals surface area contributed by atoms with Gasteiger partial charge in [0.15, 0.2) is 5.65 Å². The van der Waals surface area contributed by atoms with Gasteiger partial charge < -0.3 is 20.3 Å². The molecule has 12 nitrogen and oxygen atoms in total. The zero-order valence-corrected chi connectivity index (χ0v) is 21.9. The number of nitrogens with zero attached hydrogens (tertiary/aromatic N) is 6. The van der Waals surface area contributed by atoms with Gasteiger partial charge in [0.1, 0.15) is 11.8 Å². The van der Waals surface area contributed by atoms with Gasteiger partial charge in [0.2, 0.25) is 17.7 Å². The van der Waals surface area contributed by atoms with Crippen LogP contribution in [0.25, 0.3) is 16.9 Å². The number of carbonyl (C=O) groups is 2. The lowest BCUT2D eigenvalue weighted by Crippen LogP contribution is -2.45. The third-order valence-corrected chi connectivity index (χ3v) is 7.07. The van der Waals surface area contributed by atoms with E-state index in [0.717, 1.165) is 12.8 Å². The summed E-state index contributed by atoms with van der Waals surface area (Å²) in [7, 11) is 0. The highest BCUT2D eigenvalue weighted by Crippen LogP contribution is 2.41. The lowest BCUT2D eigenvalue weighted by atomic mass is 9.91. The van der Waals surface area contributed by atoms with Crippen molar-refractivity contribution in [1.29, 1.82) is 0 Å². The first-order chi connectivity index (χ1) is 19.8. The molecule has 0 spiro atoms. The minimum atomic E-state index is -2.75. The van der Waals surface area contributed by atoms with Gasteiger partial charge in [-0.15, -0.1) is 5.10 Å². The Bertz CT molecular complexity index is 1580. The summed E-state index contributed by atoms with van der Waals surface area (Å²) in [4.78, 5) is 35.4.